The molecule has 2 aromatic rings. The minimum absolute atomic E-state index is 0.0104. The van der Waals surface area contributed by atoms with Crippen LogP contribution in [0.2, 0.25) is 0 Å². The average Bonchev–Trinajstić information content (AvgIpc) is 3.01. The number of nitrogens with zero attached hydrogens (tertiary/aromatic N) is 1. The highest BCUT2D eigenvalue weighted by Crippen LogP contribution is 2.26. The number of carboxylic acids is 1. The van der Waals surface area contributed by atoms with Gasteiger partial charge in [0.1, 0.15) is 6.04 Å². The Balaban J connectivity index is 1.94. The number of aliphatic carboxylic acids is 1. The van der Waals surface area contributed by atoms with E-state index in [2.05, 4.69) is 4.98 Å². The van der Waals surface area contributed by atoms with Crippen LogP contribution in [0, 0.1) is 0 Å². The third kappa shape index (κ3) is 2.40. The van der Waals surface area contributed by atoms with E-state index in [0.717, 1.165) is 33.1 Å². The van der Waals surface area contributed by atoms with Crippen LogP contribution in [0.15, 0.2) is 30.5 Å². The second-order valence-corrected chi connectivity index (χ2v) is 5.66. The molecule has 0 bridgehead atoms. The normalized spacial score (nSPS) is 16.7. The van der Waals surface area contributed by atoms with E-state index in [4.69, 9.17) is 0 Å². The highest BCUT2D eigenvalue weighted by Gasteiger charge is 2.39. The Morgan fingerprint density at radius 1 is 1.38 bits per heavy atom. The molecule has 0 unspecified atom stereocenters. The first-order chi connectivity index (χ1) is 10.1. The molecule has 0 saturated carbocycles. The molecule has 7 heteroatoms. The van der Waals surface area contributed by atoms with Gasteiger partial charge < -0.3 is 10.1 Å². The number of amides is 2. The van der Waals surface area contributed by atoms with Crippen LogP contribution in [0.25, 0.3) is 10.9 Å². The van der Waals surface area contributed by atoms with Gasteiger partial charge in [0, 0.05) is 23.5 Å². The second-order valence-electron chi connectivity index (χ2n) is 4.74. The lowest BCUT2D eigenvalue weighted by Crippen LogP contribution is -2.45. The summed E-state index contributed by atoms with van der Waals surface area (Å²) in [5.41, 5.74) is 1.67. The molecule has 2 amide bonds. The summed E-state index contributed by atoms with van der Waals surface area (Å²) < 4.78 is 0. The lowest BCUT2D eigenvalue weighted by Gasteiger charge is -2.21. The number of carbonyl (C=O) groups excluding carboxylic acids is 2. The van der Waals surface area contributed by atoms with Gasteiger partial charge in [-0.05, 0) is 11.6 Å². The number of carbonyl (C=O) groups is 3. The lowest BCUT2D eigenvalue weighted by molar-refractivity contribution is -0.146. The Kier molecular flexibility index (Phi) is 3.42. The van der Waals surface area contributed by atoms with Crippen LogP contribution in [0.4, 0.5) is 4.79 Å². The van der Waals surface area contributed by atoms with Gasteiger partial charge in [-0.15, -0.1) is 0 Å². The van der Waals surface area contributed by atoms with Crippen molar-refractivity contribution in [2.75, 3.05) is 5.75 Å². The monoisotopic (exact) mass is 304 g/mol. The maximum atomic E-state index is 11.7. The number of carboxylic acid groups (broad SMARTS) is 1. The molecule has 1 aliphatic heterocycles. The van der Waals surface area contributed by atoms with Crippen molar-refractivity contribution in [1.29, 1.82) is 0 Å². The van der Waals surface area contributed by atoms with E-state index in [1.807, 2.05) is 24.3 Å². The number of H-pyrrole nitrogens is 1. The molecule has 2 heterocycles. The van der Waals surface area contributed by atoms with E-state index >= 15 is 0 Å². The van der Waals surface area contributed by atoms with Crippen molar-refractivity contribution in [2.45, 2.75) is 12.5 Å². The van der Waals surface area contributed by atoms with Crippen molar-refractivity contribution in [3.05, 3.63) is 36.0 Å². The first kappa shape index (κ1) is 13.7. The number of aromatic amines is 1. The summed E-state index contributed by atoms with van der Waals surface area (Å²) in [5.74, 6) is -1.61. The number of para-hydroxylation sites is 1. The zero-order valence-corrected chi connectivity index (χ0v) is 11.7. The summed E-state index contributed by atoms with van der Waals surface area (Å²) in [6.07, 6.45) is 1.82. The molecule has 1 aliphatic rings. The Bertz CT molecular complexity index is 723. The lowest BCUT2D eigenvalue weighted by atomic mass is 10.0. The summed E-state index contributed by atoms with van der Waals surface area (Å²) >= 11 is 0.842. The van der Waals surface area contributed by atoms with Gasteiger partial charge >= 0.3 is 5.97 Å². The van der Waals surface area contributed by atoms with E-state index in [1.54, 1.807) is 6.20 Å². The molecule has 0 aliphatic carbocycles. The fraction of sp³-hybridized carbons (Fsp3) is 0.214. The summed E-state index contributed by atoms with van der Waals surface area (Å²) in [7, 11) is 0. The summed E-state index contributed by atoms with van der Waals surface area (Å²) in [4.78, 5) is 38.8. The minimum Gasteiger partial charge on any atom is -0.480 e. The van der Waals surface area contributed by atoms with Gasteiger partial charge in [-0.2, -0.15) is 0 Å². The number of nitrogens with one attached hydrogen (secondary N) is 1. The maximum absolute atomic E-state index is 11.7. The zero-order valence-electron chi connectivity index (χ0n) is 10.9. The van der Waals surface area contributed by atoms with Gasteiger partial charge in [0.2, 0.25) is 5.91 Å². The quantitative estimate of drug-likeness (QED) is 0.899. The van der Waals surface area contributed by atoms with Crippen LogP contribution in [0.3, 0.4) is 0 Å². The fourth-order valence-corrected chi connectivity index (χ4v) is 3.22. The molecule has 21 heavy (non-hydrogen) atoms. The SMILES string of the molecule is O=C(O)[C@H](Cc1c[nH]c2ccccc12)N1C(=O)CSC1=O. The third-order valence-corrected chi connectivity index (χ3v) is 4.30. The Hall–Kier alpha value is -2.28. The van der Waals surface area contributed by atoms with Crippen LogP contribution in [-0.2, 0) is 16.0 Å². The first-order valence-electron chi connectivity index (χ1n) is 6.34. The van der Waals surface area contributed by atoms with E-state index < -0.39 is 23.2 Å². The zero-order chi connectivity index (χ0) is 15.0. The molecule has 0 spiro atoms. The van der Waals surface area contributed by atoms with E-state index in [-0.39, 0.29) is 12.2 Å². The molecule has 3 rings (SSSR count). The highest BCUT2D eigenvalue weighted by atomic mass is 32.2. The Morgan fingerprint density at radius 3 is 2.81 bits per heavy atom. The Labute approximate surface area is 124 Å². The average molecular weight is 304 g/mol. The van der Waals surface area contributed by atoms with Crippen molar-refractivity contribution in [3.63, 3.8) is 0 Å². The summed E-state index contributed by atoms with van der Waals surface area (Å²) in [6.45, 7) is 0. The van der Waals surface area contributed by atoms with Crippen LogP contribution >= 0.6 is 11.8 Å². The molecule has 1 atom stereocenters. The molecule has 2 N–H and O–H groups in total. The number of fused-ring (bicyclic) bond motifs is 1. The molecule has 1 fully saturated rings. The van der Waals surface area contributed by atoms with E-state index in [1.165, 1.54) is 0 Å². The minimum atomic E-state index is -1.18. The molecule has 6 nitrogen and oxygen atoms in total. The van der Waals surface area contributed by atoms with Gasteiger partial charge in [0.25, 0.3) is 5.24 Å². The highest BCUT2D eigenvalue weighted by molar-refractivity contribution is 8.14. The number of aromatic nitrogens is 1. The van der Waals surface area contributed by atoms with Gasteiger partial charge in [-0.3, -0.25) is 14.5 Å². The number of benzene rings is 1. The number of thioether (sulfide) groups is 1. The number of hydrogen-bond acceptors (Lipinski definition) is 4. The maximum Gasteiger partial charge on any atom is 0.327 e. The van der Waals surface area contributed by atoms with Crippen LogP contribution < -0.4 is 0 Å². The number of imide groups is 1. The van der Waals surface area contributed by atoms with Gasteiger partial charge in [-0.1, -0.05) is 30.0 Å². The topological polar surface area (TPSA) is 90.5 Å². The van der Waals surface area contributed by atoms with E-state index in [0.29, 0.717) is 0 Å². The molecule has 1 saturated heterocycles. The van der Waals surface area contributed by atoms with Crippen molar-refractivity contribution >= 4 is 39.8 Å². The fourth-order valence-electron chi connectivity index (χ4n) is 2.46. The first-order valence-corrected chi connectivity index (χ1v) is 7.33. The molecule has 1 aromatic heterocycles. The van der Waals surface area contributed by atoms with Crippen LogP contribution in [0.1, 0.15) is 5.56 Å². The largest absolute Gasteiger partial charge is 0.480 e. The van der Waals surface area contributed by atoms with Crippen molar-refractivity contribution in [3.8, 4) is 0 Å². The summed E-state index contributed by atoms with van der Waals surface area (Å²) in [6, 6.07) is 6.33. The second kappa shape index (κ2) is 5.25. The summed E-state index contributed by atoms with van der Waals surface area (Å²) in [5, 5.41) is 9.78. The van der Waals surface area contributed by atoms with Gasteiger partial charge in [0.05, 0.1) is 5.75 Å². The van der Waals surface area contributed by atoms with Crippen molar-refractivity contribution in [2.24, 2.45) is 0 Å². The molecular weight excluding hydrogens is 292 g/mol. The Morgan fingerprint density at radius 2 is 2.14 bits per heavy atom. The smallest absolute Gasteiger partial charge is 0.327 e. The third-order valence-electron chi connectivity index (χ3n) is 3.47. The predicted molar refractivity (Wildman–Crippen MR) is 78.1 cm³/mol. The van der Waals surface area contributed by atoms with Crippen LogP contribution in [-0.4, -0.2) is 43.9 Å². The molecule has 108 valence electrons. The predicted octanol–water partition coefficient (Wildman–Crippen LogP) is 1.86. The van der Waals surface area contributed by atoms with Gasteiger partial charge in [-0.25, -0.2) is 4.79 Å². The molecule has 0 radical (unpaired) electrons. The standard InChI is InChI=1S/C14H12N2O4S/c17-12-7-21-14(20)16(12)11(13(18)19)5-8-6-15-10-4-2-1-3-9(8)10/h1-4,6,11,15H,5,7H2,(H,18,19)/t11-/m0/s1. The van der Waals surface area contributed by atoms with Crippen molar-refractivity contribution in [1.82, 2.24) is 9.88 Å². The van der Waals surface area contributed by atoms with Crippen LogP contribution in [0.5, 0.6) is 0 Å². The van der Waals surface area contributed by atoms with E-state index in [9.17, 15) is 19.5 Å². The number of rotatable bonds is 4. The van der Waals surface area contributed by atoms with Gasteiger partial charge in [0.15, 0.2) is 0 Å². The van der Waals surface area contributed by atoms with Crippen molar-refractivity contribution < 1.29 is 19.5 Å². The molecular formula is C14H12N2O4S. The number of hydrogen-bond donors (Lipinski definition) is 2. The molecule has 1 aromatic carbocycles.